The zero-order valence-corrected chi connectivity index (χ0v) is 33.8. The number of nitrogen functional groups attached to an aromatic ring is 4. The van der Waals surface area contributed by atoms with Gasteiger partial charge in [-0.1, -0.05) is 73.2 Å². The molecule has 3 heterocycles. The summed E-state index contributed by atoms with van der Waals surface area (Å²) in [6.07, 6.45) is 10.3. The van der Waals surface area contributed by atoms with E-state index in [1.54, 1.807) is 53.9 Å². The number of benzene rings is 3. The van der Waals surface area contributed by atoms with Crippen LogP contribution in [0.4, 0.5) is 34.1 Å². The molecule has 3 aromatic heterocycles. The fraction of sp³-hybridized carbons (Fsp3) is 0.229. The highest BCUT2D eigenvalue weighted by atomic mass is 127. The van der Waals surface area contributed by atoms with Crippen molar-refractivity contribution in [2.24, 2.45) is 0 Å². The Morgan fingerprint density at radius 1 is 0.759 bits per heavy atom. The molecule has 19 heteroatoms. The molecule has 290 valence electrons. The molecule has 17 nitrogen and oxygen atoms in total. The zero-order valence-electron chi connectivity index (χ0n) is 30.9. The van der Waals surface area contributed by atoms with Gasteiger partial charge in [0.05, 0.1) is 57.3 Å². The van der Waals surface area contributed by atoms with Gasteiger partial charge in [-0.3, -0.25) is 24.8 Å². The number of hydrogen-bond acceptors (Lipinski definition) is 12. The average Bonchev–Trinajstić information content (AvgIpc) is 3.86. The number of aliphatic hydroxyl groups excluding tert-OH is 1. The highest BCUT2D eigenvalue weighted by molar-refractivity contribution is 14.1. The number of halogens is 2. The van der Waals surface area contributed by atoms with Gasteiger partial charge in [-0.25, -0.2) is 15.0 Å². The van der Waals surface area contributed by atoms with Crippen molar-refractivity contribution >= 4 is 68.3 Å². The highest BCUT2D eigenvalue weighted by Crippen LogP contribution is 2.30. The number of nitro benzene ring substituents is 2. The number of nitrogens with one attached hydrogen (secondary N) is 1. The van der Waals surface area contributed by atoms with Crippen molar-refractivity contribution in [2.75, 3.05) is 30.0 Å². The van der Waals surface area contributed by atoms with E-state index in [9.17, 15) is 20.2 Å². The number of H-pyrrole nitrogens is 1. The molecular weight excluding hydrogens is 831 g/mol. The standard InChI is InChI=1S/C10H10N4O2.C10H12N4.C6H5ClN2O2.C4H9I.C4H6N2.CH4O/c1-7-5-13(6-12-7)9-4-2-3-8(11)10(9)14(15)16;1-7-5-14(6-13-7)9-4-2-3-8(11)10(9)12;7-4-2-1-3-5(8)6(4)9(10)11;1-4(2,3)5;1-4-2-5-3-6-4;1-2/h2-6H,11H2,1H3;2-6H,11-12H2,1H3;1-3H,8H2;1-3H3;2-3H,1H3,(H,5,6);2H,1H3. The molecule has 10 N–H and O–H groups in total. The third-order valence-corrected chi connectivity index (χ3v) is 6.47. The van der Waals surface area contributed by atoms with E-state index in [0.717, 1.165) is 29.9 Å². The molecule has 0 saturated carbocycles. The van der Waals surface area contributed by atoms with Crippen molar-refractivity contribution in [3.05, 3.63) is 135 Å². The van der Waals surface area contributed by atoms with E-state index in [4.69, 9.17) is 39.6 Å². The topological polar surface area (TPSA) is 275 Å². The summed E-state index contributed by atoms with van der Waals surface area (Å²) in [6, 6.07) is 14.8. The molecule has 0 unspecified atom stereocenters. The second kappa shape index (κ2) is 22.4. The fourth-order valence-corrected chi connectivity index (χ4v) is 4.16. The van der Waals surface area contributed by atoms with Crippen molar-refractivity contribution < 1.29 is 15.0 Å². The Morgan fingerprint density at radius 3 is 1.54 bits per heavy atom. The van der Waals surface area contributed by atoms with E-state index >= 15 is 0 Å². The smallest absolute Gasteiger partial charge is 0.315 e. The summed E-state index contributed by atoms with van der Waals surface area (Å²) < 4.78 is 3.92. The number of aliphatic hydroxyl groups is 1. The fourth-order valence-electron chi connectivity index (χ4n) is 3.91. The van der Waals surface area contributed by atoms with Gasteiger partial charge in [0.15, 0.2) is 0 Å². The Labute approximate surface area is 331 Å². The second-order valence-electron chi connectivity index (χ2n) is 11.8. The molecule has 0 bridgehead atoms. The Bertz CT molecular complexity index is 2040. The number of aromatic amines is 1. The molecule has 0 fully saturated rings. The van der Waals surface area contributed by atoms with Crippen molar-refractivity contribution in [3.8, 4) is 11.4 Å². The summed E-state index contributed by atoms with van der Waals surface area (Å²) in [5, 5.41) is 28.3. The van der Waals surface area contributed by atoms with Gasteiger partial charge in [0, 0.05) is 34.8 Å². The van der Waals surface area contributed by atoms with Crippen LogP contribution in [0.15, 0.2) is 92.2 Å². The molecule has 0 aliphatic carbocycles. The number of para-hydroxylation sites is 3. The summed E-state index contributed by atoms with van der Waals surface area (Å²) in [7, 11) is 1.00. The Morgan fingerprint density at radius 2 is 1.19 bits per heavy atom. The van der Waals surface area contributed by atoms with E-state index in [-0.39, 0.29) is 27.8 Å². The molecule has 6 aromatic rings. The number of hydrogen-bond donors (Lipinski definition) is 6. The third kappa shape index (κ3) is 15.9. The summed E-state index contributed by atoms with van der Waals surface area (Å²) in [4.78, 5) is 34.9. The first-order valence-electron chi connectivity index (χ1n) is 15.8. The molecule has 0 spiro atoms. The molecular formula is C35H46ClIN12O5. The zero-order chi connectivity index (χ0) is 41.2. The Hall–Kier alpha value is -5.73. The number of rotatable bonds is 4. The van der Waals surface area contributed by atoms with Gasteiger partial charge in [0.25, 0.3) is 0 Å². The van der Waals surface area contributed by atoms with E-state index in [1.807, 2.05) is 43.7 Å². The van der Waals surface area contributed by atoms with Crippen molar-refractivity contribution in [1.82, 2.24) is 29.1 Å². The molecule has 54 heavy (non-hydrogen) atoms. The first kappa shape index (κ1) is 46.3. The van der Waals surface area contributed by atoms with Gasteiger partial charge in [-0.15, -0.1) is 0 Å². The lowest BCUT2D eigenvalue weighted by molar-refractivity contribution is -0.383. The SMILES string of the molecule is CC(C)(C)I.CO.Cc1cn(-c2cccc(N)c2N)cn1.Cc1cn(-c2cccc(N)c2[N+](=O)[O-])cn1.Cc1cnc[nH]1.Nc1cccc(Cl)c1[N+](=O)[O-]. The first-order valence-corrected chi connectivity index (χ1v) is 17.2. The van der Waals surface area contributed by atoms with Crippen molar-refractivity contribution in [2.45, 2.75) is 45.0 Å². The molecule has 0 amide bonds. The molecule has 3 aromatic carbocycles. The molecule has 0 radical (unpaired) electrons. The van der Waals surface area contributed by atoms with Crippen LogP contribution < -0.4 is 22.9 Å². The molecule has 0 aliphatic heterocycles. The number of imidazole rings is 3. The van der Waals surface area contributed by atoms with Gasteiger partial charge in [-0.05, 0) is 57.2 Å². The van der Waals surface area contributed by atoms with Gasteiger partial charge in [-0.2, -0.15) is 0 Å². The van der Waals surface area contributed by atoms with Crippen LogP contribution >= 0.6 is 34.2 Å². The van der Waals surface area contributed by atoms with Gasteiger partial charge < -0.3 is 37.6 Å². The minimum absolute atomic E-state index is 0.0648. The number of alkyl halides is 1. The number of nitrogens with two attached hydrogens (primary N) is 4. The maximum absolute atomic E-state index is 10.9. The lowest BCUT2D eigenvalue weighted by Crippen LogP contribution is -2.01. The summed E-state index contributed by atoms with van der Waals surface area (Å²) in [6.45, 7) is 12.2. The minimum Gasteiger partial charge on any atom is -0.400 e. The summed E-state index contributed by atoms with van der Waals surface area (Å²) in [5.41, 5.74) is 27.7. The number of aromatic nitrogens is 6. The van der Waals surface area contributed by atoms with Gasteiger partial charge >= 0.3 is 11.4 Å². The van der Waals surface area contributed by atoms with Crippen LogP contribution in [0, 0.1) is 41.0 Å². The Balaban J connectivity index is 0.000000352. The van der Waals surface area contributed by atoms with Crippen molar-refractivity contribution in [1.29, 1.82) is 0 Å². The number of nitrogens with zero attached hydrogens (tertiary/aromatic N) is 7. The van der Waals surface area contributed by atoms with Crippen LogP contribution in [0.2, 0.25) is 5.02 Å². The van der Waals surface area contributed by atoms with E-state index in [2.05, 4.69) is 63.3 Å². The second-order valence-corrected chi connectivity index (χ2v) is 15.5. The lowest BCUT2D eigenvalue weighted by Gasteiger charge is -2.07. The van der Waals surface area contributed by atoms with E-state index < -0.39 is 9.85 Å². The monoisotopic (exact) mass is 876 g/mol. The summed E-state index contributed by atoms with van der Waals surface area (Å²) >= 11 is 7.88. The van der Waals surface area contributed by atoms with Crippen LogP contribution in [0.25, 0.3) is 11.4 Å². The maximum Gasteiger partial charge on any atom is 0.315 e. The van der Waals surface area contributed by atoms with Gasteiger partial charge in [0.2, 0.25) is 0 Å². The molecule has 0 atom stereocenters. The predicted molar refractivity (Wildman–Crippen MR) is 224 cm³/mol. The molecule has 0 saturated heterocycles. The largest absolute Gasteiger partial charge is 0.400 e. The van der Waals surface area contributed by atoms with E-state index in [1.165, 1.54) is 24.5 Å². The maximum atomic E-state index is 10.9. The Kier molecular flexibility index (Phi) is 19.2. The number of aryl methyl sites for hydroxylation is 3. The number of anilines is 4. The first-order chi connectivity index (χ1) is 25.3. The normalized spacial score (nSPS) is 9.89. The third-order valence-electron chi connectivity index (χ3n) is 6.16. The van der Waals surface area contributed by atoms with Crippen LogP contribution in [0.1, 0.15) is 37.9 Å². The molecule has 6 rings (SSSR count). The minimum atomic E-state index is -0.600. The van der Waals surface area contributed by atoms with Gasteiger partial charge in [0.1, 0.15) is 22.1 Å². The molecule has 0 aliphatic rings. The predicted octanol–water partition coefficient (Wildman–Crippen LogP) is 7.39. The summed E-state index contributed by atoms with van der Waals surface area (Å²) in [5.74, 6) is 0. The lowest BCUT2D eigenvalue weighted by atomic mass is 10.2. The van der Waals surface area contributed by atoms with E-state index in [0.29, 0.717) is 20.5 Å². The average molecular weight is 877 g/mol. The quantitative estimate of drug-likeness (QED) is 0.0332. The van der Waals surface area contributed by atoms with Crippen LogP contribution in [0.5, 0.6) is 0 Å². The number of nitro groups is 2. The van der Waals surface area contributed by atoms with Crippen LogP contribution in [-0.4, -0.2) is 54.6 Å². The van der Waals surface area contributed by atoms with Crippen LogP contribution in [0.3, 0.4) is 0 Å². The highest BCUT2D eigenvalue weighted by Gasteiger charge is 2.19. The van der Waals surface area contributed by atoms with Crippen LogP contribution in [-0.2, 0) is 0 Å². The van der Waals surface area contributed by atoms with Crippen molar-refractivity contribution in [3.63, 3.8) is 0 Å².